The molecule has 0 aliphatic carbocycles. The molecular weight excluding hydrogens is 271 g/mol. The number of hydrogen-bond acceptors (Lipinski definition) is 2. The van der Waals surface area contributed by atoms with E-state index in [1.165, 1.54) is 12.1 Å². The predicted octanol–water partition coefficient (Wildman–Crippen LogP) is 3.36. The Labute approximate surface area is 101 Å². The van der Waals surface area contributed by atoms with Gasteiger partial charge in [-0.2, -0.15) is 0 Å². The van der Waals surface area contributed by atoms with Crippen molar-refractivity contribution in [3.8, 4) is 11.1 Å². The third kappa shape index (κ3) is 2.22. The molecule has 0 atom stereocenters. The second kappa shape index (κ2) is 4.61. The second-order valence-electron chi connectivity index (χ2n) is 3.37. The van der Waals surface area contributed by atoms with Gasteiger partial charge in [0.25, 0.3) is 0 Å². The summed E-state index contributed by atoms with van der Waals surface area (Å²) in [5.41, 5.74) is 8.36. The molecule has 1 heterocycles. The third-order valence-corrected chi connectivity index (χ3v) is 2.81. The Bertz CT molecular complexity index is 497. The Morgan fingerprint density at radius 1 is 1.12 bits per heavy atom. The fourth-order valence-corrected chi connectivity index (χ4v) is 1.94. The molecule has 2 nitrogen and oxygen atoms in total. The highest BCUT2D eigenvalue weighted by Crippen LogP contribution is 2.25. The van der Waals surface area contributed by atoms with Crippen LogP contribution in [0.15, 0.2) is 36.4 Å². The van der Waals surface area contributed by atoms with E-state index in [0.717, 1.165) is 16.8 Å². The van der Waals surface area contributed by atoms with Gasteiger partial charge in [0.15, 0.2) is 0 Å². The molecule has 1 aromatic heterocycles. The molecule has 0 radical (unpaired) electrons. The van der Waals surface area contributed by atoms with Crippen LogP contribution < -0.4 is 5.73 Å². The van der Waals surface area contributed by atoms with E-state index in [1.807, 2.05) is 6.07 Å². The van der Waals surface area contributed by atoms with Crippen molar-refractivity contribution < 1.29 is 4.39 Å². The summed E-state index contributed by atoms with van der Waals surface area (Å²) in [4.78, 5) is 4.23. The highest BCUT2D eigenvalue weighted by atomic mass is 79.9. The van der Waals surface area contributed by atoms with E-state index >= 15 is 0 Å². The number of pyridine rings is 1. The molecule has 0 saturated carbocycles. The minimum absolute atomic E-state index is 0.243. The van der Waals surface area contributed by atoms with Crippen LogP contribution in [0.3, 0.4) is 0 Å². The molecule has 82 valence electrons. The fourth-order valence-electron chi connectivity index (χ4n) is 1.51. The number of hydrogen-bond donors (Lipinski definition) is 1. The maximum absolute atomic E-state index is 12.8. The summed E-state index contributed by atoms with van der Waals surface area (Å²) in [6.07, 6.45) is 0. The molecule has 0 spiro atoms. The van der Waals surface area contributed by atoms with Gasteiger partial charge in [0.05, 0.1) is 5.69 Å². The minimum atomic E-state index is -0.243. The van der Waals surface area contributed by atoms with Gasteiger partial charge in [-0.15, -0.1) is 0 Å². The zero-order valence-corrected chi connectivity index (χ0v) is 10.0. The zero-order chi connectivity index (χ0) is 11.5. The molecule has 0 aliphatic heterocycles. The van der Waals surface area contributed by atoms with Gasteiger partial charge >= 0.3 is 0 Å². The summed E-state index contributed by atoms with van der Waals surface area (Å²) in [6, 6.07) is 9.97. The van der Waals surface area contributed by atoms with Crippen molar-refractivity contribution >= 4 is 21.7 Å². The van der Waals surface area contributed by atoms with Gasteiger partial charge in [0.1, 0.15) is 11.6 Å². The number of nitrogen functional groups attached to an aromatic ring is 1. The summed E-state index contributed by atoms with van der Waals surface area (Å²) in [7, 11) is 0. The Morgan fingerprint density at radius 3 is 2.44 bits per heavy atom. The largest absolute Gasteiger partial charge is 0.384 e. The van der Waals surface area contributed by atoms with Crippen molar-refractivity contribution in [3.05, 3.63) is 47.9 Å². The highest BCUT2D eigenvalue weighted by molar-refractivity contribution is 9.08. The molecule has 0 aliphatic rings. The average molecular weight is 281 g/mol. The monoisotopic (exact) mass is 280 g/mol. The molecule has 0 bridgehead atoms. The van der Waals surface area contributed by atoms with Crippen LogP contribution in [0.2, 0.25) is 0 Å². The van der Waals surface area contributed by atoms with Gasteiger partial charge < -0.3 is 5.73 Å². The van der Waals surface area contributed by atoms with E-state index in [-0.39, 0.29) is 5.82 Å². The van der Waals surface area contributed by atoms with E-state index in [2.05, 4.69) is 20.9 Å². The first-order valence-corrected chi connectivity index (χ1v) is 5.90. The van der Waals surface area contributed by atoms with Crippen LogP contribution >= 0.6 is 15.9 Å². The van der Waals surface area contributed by atoms with Crippen molar-refractivity contribution in [2.45, 2.75) is 5.33 Å². The Balaban J connectivity index is 2.51. The summed E-state index contributed by atoms with van der Waals surface area (Å²) in [5, 5.41) is 0.616. The number of nitrogens with zero attached hydrogens (tertiary/aromatic N) is 1. The maximum Gasteiger partial charge on any atom is 0.123 e. The fraction of sp³-hybridized carbons (Fsp3) is 0.0833. The van der Waals surface area contributed by atoms with Gasteiger partial charge in [-0.05, 0) is 29.8 Å². The van der Waals surface area contributed by atoms with E-state index in [0.29, 0.717) is 11.1 Å². The number of benzene rings is 1. The van der Waals surface area contributed by atoms with Crippen molar-refractivity contribution in [1.82, 2.24) is 4.98 Å². The van der Waals surface area contributed by atoms with Crippen LogP contribution in [0.1, 0.15) is 5.69 Å². The van der Waals surface area contributed by atoms with Gasteiger partial charge in [0.2, 0.25) is 0 Å². The standard InChI is InChI=1S/C12H10BrFN2/c13-7-11-10(5-6-12(15)16-11)8-1-3-9(14)4-2-8/h1-6H,7H2,(H2,15,16). The molecule has 1 aromatic carbocycles. The number of aromatic nitrogens is 1. The Morgan fingerprint density at radius 2 is 1.81 bits per heavy atom. The van der Waals surface area contributed by atoms with Crippen molar-refractivity contribution in [3.63, 3.8) is 0 Å². The highest BCUT2D eigenvalue weighted by Gasteiger charge is 2.06. The van der Waals surface area contributed by atoms with E-state index < -0.39 is 0 Å². The summed E-state index contributed by atoms with van der Waals surface area (Å²) < 4.78 is 12.8. The van der Waals surface area contributed by atoms with Crippen LogP contribution in [0, 0.1) is 5.82 Å². The Hall–Kier alpha value is -1.42. The predicted molar refractivity (Wildman–Crippen MR) is 66.7 cm³/mol. The van der Waals surface area contributed by atoms with Crippen LogP contribution in [-0.2, 0) is 5.33 Å². The number of halogens is 2. The normalized spacial score (nSPS) is 10.4. The number of anilines is 1. The molecular formula is C12H10BrFN2. The minimum Gasteiger partial charge on any atom is -0.384 e. The average Bonchev–Trinajstić information content (AvgIpc) is 2.30. The second-order valence-corrected chi connectivity index (χ2v) is 3.93. The summed E-state index contributed by atoms with van der Waals surface area (Å²) in [6.45, 7) is 0. The quantitative estimate of drug-likeness (QED) is 0.857. The van der Waals surface area contributed by atoms with Crippen molar-refractivity contribution in [2.75, 3.05) is 5.73 Å². The third-order valence-electron chi connectivity index (χ3n) is 2.28. The van der Waals surface area contributed by atoms with Gasteiger partial charge in [-0.3, -0.25) is 0 Å². The van der Waals surface area contributed by atoms with Crippen LogP contribution in [0.25, 0.3) is 11.1 Å². The topological polar surface area (TPSA) is 38.9 Å². The first-order chi connectivity index (χ1) is 7.70. The first-order valence-electron chi connectivity index (χ1n) is 4.78. The molecule has 16 heavy (non-hydrogen) atoms. The molecule has 0 amide bonds. The van der Waals surface area contributed by atoms with E-state index in [4.69, 9.17) is 5.73 Å². The molecule has 0 saturated heterocycles. The molecule has 2 aromatic rings. The lowest BCUT2D eigenvalue weighted by atomic mass is 10.0. The molecule has 2 rings (SSSR count). The smallest absolute Gasteiger partial charge is 0.123 e. The van der Waals surface area contributed by atoms with Gasteiger partial charge in [-0.25, -0.2) is 9.37 Å². The number of nitrogens with two attached hydrogens (primary N) is 1. The van der Waals surface area contributed by atoms with Crippen LogP contribution in [-0.4, -0.2) is 4.98 Å². The number of alkyl halides is 1. The summed E-state index contributed by atoms with van der Waals surface area (Å²) >= 11 is 3.36. The Kier molecular flexibility index (Phi) is 3.19. The van der Waals surface area contributed by atoms with E-state index in [1.54, 1.807) is 18.2 Å². The first kappa shape index (κ1) is 11.1. The van der Waals surface area contributed by atoms with E-state index in [9.17, 15) is 4.39 Å². The van der Waals surface area contributed by atoms with Gasteiger partial charge in [-0.1, -0.05) is 28.1 Å². The van der Waals surface area contributed by atoms with Crippen molar-refractivity contribution in [2.24, 2.45) is 0 Å². The molecule has 0 unspecified atom stereocenters. The number of rotatable bonds is 2. The van der Waals surface area contributed by atoms with Gasteiger partial charge in [0, 0.05) is 10.9 Å². The SMILES string of the molecule is Nc1ccc(-c2ccc(F)cc2)c(CBr)n1. The summed E-state index contributed by atoms with van der Waals surface area (Å²) in [5.74, 6) is 0.243. The maximum atomic E-state index is 12.8. The molecule has 0 fully saturated rings. The molecule has 4 heteroatoms. The van der Waals surface area contributed by atoms with Crippen LogP contribution in [0.5, 0.6) is 0 Å². The lowest BCUT2D eigenvalue weighted by Gasteiger charge is -2.07. The lowest BCUT2D eigenvalue weighted by Crippen LogP contribution is -1.96. The van der Waals surface area contributed by atoms with Crippen LogP contribution in [0.4, 0.5) is 10.2 Å². The van der Waals surface area contributed by atoms with Crippen molar-refractivity contribution in [1.29, 1.82) is 0 Å². The lowest BCUT2D eigenvalue weighted by molar-refractivity contribution is 0.628. The molecule has 2 N–H and O–H groups in total. The zero-order valence-electron chi connectivity index (χ0n) is 8.45.